The summed E-state index contributed by atoms with van der Waals surface area (Å²) < 4.78 is 1.08. The van der Waals surface area contributed by atoms with Crippen LogP contribution in [-0.2, 0) is 4.79 Å². The summed E-state index contributed by atoms with van der Waals surface area (Å²) in [4.78, 5) is 21.5. The van der Waals surface area contributed by atoms with Crippen LogP contribution in [0.15, 0.2) is 22.8 Å². The molecule has 0 spiro atoms. The number of thioether (sulfide) groups is 1. The highest BCUT2D eigenvalue weighted by Crippen LogP contribution is 2.34. The lowest BCUT2D eigenvalue weighted by Crippen LogP contribution is -2.42. The van der Waals surface area contributed by atoms with Crippen LogP contribution in [0, 0.1) is 5.92 Å². The molecule has 1 saturated carbocycles. The lowest BCUT2D eigenvalue weighted by Gasteiger charge is -2.26. The van der Waals surface area contributed by atoms with Gasteiger partial charge in [-0.15, -0.1) is 11.3 Å². The molecule has 0 saturated heterocycles. The fraction of sp³-hybridized carbons (Fsp3) is 0.588. The number of carbonyl (C=O) groups excluding carboxylic acids is 1. The summed E-state index contributed by atoms with van der Waals surface area (Å²) in [5.41, 5.74) is 0.961. The highest BCUT2D eigenvalue weighted by atomic mass is 32.2. The zero-order valence-corrected chi connectivity index (χ0v) is 15.3. The van der Waals surface area contributed by atoms with E-state index in [4.69, 9.17) is 0 Å². The van der Waals surface area contributed by atoms with Gasteiger partial charge in [0.1, 0.15) is 11.4 Å². The van der Waals surface area contributed by atoms with Gasteiger partial charge in [0.05, 0.1) is 15.5 Å². The van der Waals surface area contributed by atoms with E-state index in [9.17, 15) is 4.79 Å². The van der Waals surface area contributed by atoms with Crippen molar-refractivity contribution >= 4 is 39.2 Å². The highest BCUT2D eigenvalue weighted by molar-refractivity contribution is 8.00. The minimum Gasteiger partial charge on any atom is -0.352 e. The van der Waals surface area contributed by atoms with E-state index in [1.54, 1.807) is 29.4 Å². The first-order chi connectivity index (χ1) is 11.1. The van der Waals surface area contributed by atoms with Crippen LogP contribution >= 0.6 is 23.1 Å². The number of nitrogens with zero attached hydrogens (tertiary/aromatic N) is 2. The van der Waals surface area contributed by atoms with Gasteiger partial charge in [0.15, 0.2) is 0 Å². The fourth-order valence-corrected chi connectivity index (χ4v) is 5.02. The number of hydrogen-bond donors (Lipinski definition) is 1. The maximum Gasteiger partial charge on any atom is 0.234 e. The Kier molecular flexibility index (Phi) is 5.54. The first-order valence-corrected chi connectivity index (χ1v) is 10.1. The number of hydrogen-bond acceptors (Lipinski definition) is 5. The molecule has 3 rings (SSSR count). The molecule has 2 aromatic heterocycles. The van der Waals surface area contributed by atoms with Gasteiger partial charge in [-0.2, -0.15) is 0 Å². The van der Waals surface area contributed by atoms with Gasteiger partial charge >= 0.3 is 0 Å². The predicted molar refractivity (Wildman–Crippen MR) is 96.9 cm³/mol. The van der Waals surface area contributed by atoms with Crippen LogP contribution in [0.3, 0.4) is 0 Å². The molecule has 1 N–H and O–H groups in total. The third-order valence-corrected chi connectivity index (χ3v) is 6.85. The third-order valence-electron chi connectivity index (χ3n) is 4.26. The van der Waals surface area contributed by atoms with Gasteiger partial charge in [-0.3, -0.25) is 4.79 Å². The van der Waals surface area contributed by atoms with Crippen molar-refractivity contribution in [2.45, 2.75) is 62.3 Å². The van der Waals surface area contributed by atoms with E-state index in [1.807, 2.05) is 11.4 Å². The Morgan fingerprint density at radius 2 is 2.09 bits per heavy atom. The van der Waals surface area contributed by atoms with Crippen LogP contribution in [0.1, 0.15) is 46.0 Å². The van der Waals surface area contributed by atoms with E-state index in [1.165, 1.54) is 19.3 Å². The predicted octanol–water partition coefficient (Wildman–Crippen LogP) is 4.26. The average molecular weight is 350 g/mol. The molecule has 1 fully saturated rings. The molecule has 1 atom stereocenters. The number of fused-ring (bicyclic) bond motifs is 1. The lowest BCUT2D eigenvalue weighted by atomic mass is 9.95. The molecule has 0 aliphatic heterocycles. The molecule has 0 unspecified atom stereocenters. The summed E-state index contributed by atoms with van der Waals surface area (Å²) in [6.07, 6.45) is 7.58. The molecule has 1 amide bonds. The monoisotopic (exact) mass is 349 g/mol. The lowest BCUT2D eigenvalue weighted by molar-refractivity contribution is -0.122. The Labute approximate surface area is 145 Å². The second kappa shape index (κ2) is 7.62. The van der Waals surface area contributed by atoms with Crippen molar-refractivity contribution in [2.75, 3.05) is 0 Å². The summed E-state index contributed by atoms with van der Waals surface area (Å²) in [6, 6.07) is 2.35. The summed E-state index contributed by atoms with van der Waals surface area (Å²) in [6.45, 7) is 4.20. The van der Waals surface area contributed by atoms with Gasteiger partial charge in [-0.1, -0.05) is 44.9 Å². The molecule has 0 bridgehead atoms. The van der Waals surface area contributed by atoms with Gasteiger partial charge < -0.3 is 5.32 Å². The zero-order chi connectivity index (χ0) is 16.2. The molecule has 6 heteroatoms. The van der Waals surface area contributed by atoms with Crippen molar-refractivity contribution in [3.05, 3.63) is 17.8 Å². The molecule has 0 aromatic carbocycles. The smallest absolute Gasteiger partial charge is 0.234 e. The molecule has 124 valence electrons. The minimum atomic E-state index is -0.114. The number of carbonyl (C=O) groups is 1. The summed E-state index contributed by atoms with van der Waals surface area (Å²) in [5, 5.41) is 6.09. The number of rotatable bonds is 5. The van der Waals surface area contributed by atoms with Gasteiger partial charge in [0.2, 0.25) is 5.91 Å². The van der Waals surface area contributed by atoms with E-state index in [0.29, 0.717) is 6.04 Å². The van der Waals surface area contributed by atoms with Crippen molar-refractivity contribution < 1.29 is 4.79 Å². The Morgan fingerprint density at radius 1 is 1.30 bits per heavy atom. The second-order valence-electron chi connectivity index (χ2n) is 6.44. The van der Waals surface area contributed by atoms with Crippen LogP contribution in [0.2, 0.25) is 0 Å². The first kappa shape index (κ1) is 16.7. The maximum atomic E-state index is 12.8. The van der Waals surface area contributed by atoms with E-state index < -0.39 is 0 Å². The molecule has 2 heterocycles. The van der Waals surface area contributed by atoms with E-state index in [0.717, 1.165) is 28.1 Å². The molecule has 23 heavy (non-hydrogen) atoms. The van der Waals surface area contributed by atoms with Gasteiger partial charge in [0.25, 0.3) is 0 Å². The molecule has 0 radical (unpaired) electrons. The van der Waals surface area contributed by atoms with Crippen LogP contribution in [0.4, 0.5) is 0 Å². The van der Waals surface area contributed by atoms with E-state index >= 15 is 0 Å². The van der Waals surface area contributed by atoms with Crippen molar-refractivity contribution in [3.8, 4) is 0 Å². The topological polar surface area (TPSA) is 54.9 Å². The molecular formula is C17H23N3OS2. The Hall–Kier alpha value is -1.14. The SMILES string of the molecule is CC(C)[C@H](Sc1ncnc2ccsc12)C(=O)NC1CCCCC1. The molecule has 1 aliphatic carbocycles. The van der Waals surface area contributed by atoms with Crippen LogP contribution in [-0.4, -0.2) is 27.2 Å². The minimum absolute atomic E-state index is 0.114. The fourth-order valence-electron chi connectivity index (χ4n) is 2.99. The second-order valence-corrected chi connectivity index (χ2v) is 8.49. The largest absolute Gasteiger partial charge is 0.352 e. The van der Waals surface area contributed by atoms with Crippen molar-refractivity contribution in [2.24, 2.45) is 5.92 Å². The molecule has 4 nitrogen and oxygen atoms in total. The van der Waals surface area contributed by atoms with E-state index in [2.05, 4.69) is 29.1 Å². The van der Waals surface area contributed by atoms with Crippen LogP contribution in [0.5, 0.6) is 0 Å². The van der Waals surface area contributed by atoms with Gasteiger partial charge in [0, 0.05) is 6.04 Å². The average Bonchev–Trinajstić information content (AvgIpc) is 3.02. The normalized spacial score (nSPS) is 17.5. The summed E-state index contributed by atoms with van der Waals surface area (Å²) in [5.74, 6) is 0.411. The highest BCUT2D eigenvalue weighted by Gasteiger charge is 2.27. The van der Waals surface area contributed by atoms with E-state index in [-0.39, 0.29) is 17.1 Å². The summed E-state index contributed by atoms with van der Waals surface area (Å²) in [7, 11) is 0. The summed E-state index contributed by atoms with van der Waals surface area (Å²) >= 11 is 3.21. The van der Waals surface area contributed by atoms with Gasteiger partial charge in [-0.25, -0.2) is 9.97 Å². The van der Waals surface area contributed by atoms with Crippen molar-refractivity contribution in [1.29, 1.82) is 0 Å². The Balaban J connectivity index is 1.73. The van der Waals surface area contributed by atoms with Crippen LogP contribution < -0.4 is 5.32 Å². The Bertz CT molecular complexity index is 665. The number of aromatic nitrogens is 2. The zero-order valence-electron chi connectivity index (χ0n) is 13.6. The van der Waals surface area contributed by atoms with Gasteiger partial charge in [-0.05, 0) is 30.2 Å². The third kappa shape index (κ3) is 4.04. The van der Waals surface area contributed by atoms with Crippen LogP contribution in [0.25, 0.3) is 10.2 Å². The number of amides is 1. The van der Waals surface area contributed by atoms with Crippen molar-refractivity contribution in [3.63, 3.8) is 0 Å². The quantitative estimate of drug-likeness (QED) is 0.647. The Morgan fingerprint density at radius 3 is 2.83 bits per heavy atom. The molecule has 1 aliphatic rings. The standard InChI is InChI=1S/C17H23N3OS2/c1-11(2)14(16(21)20-12-6-4-3-5-7-12)23-17-15-13(8-9-22-15)18-10-19-17/h8-12,14H,3-7H2,1-2H3,(H,20,21)/t14-/m0/s1. The molecule has 2 aromatic rings. The first-order valence-electron chi connectivity index (χ1n) is 8.30. The maximum absolute atomic E-state index is 12.8. The number of thiophene rings is 1. The molecular weight excluding hydrogens is 326 g/mol. The van der Waals surface area contributed by atoms with Crippen molar-refractivity contribution in [1.82, 2.24) is 15.3 Å². The number of nitrogens with one attached hydrogen (secondary N) is 1.